The first-order valence-electron chi connectivity index (χ1n) is 18.4. The maximum absolute atomic E-state index is 11.5. The SMILES string of the molecule is C.CCC(=O)C(CCSSc1ccc(C)cn1)S(=O)(=O)O.CCC(=O)CCCSSc1ccccn1.CNC(=O)CCCI.CNC(=O)CCN1C(=O)C=CC1=O.C[N+](=O)[O-]. The van der Waals surface area contributed by atoms with E-state index in [1.807, 2.05) is 44.2 Å². The van der Waals surface area contributed by atoms with Gasteiger partial charge in [-0.2, -0.15) is 8.42 Å². The zero-order valence-corrected chi connectivity index (χ0v) is 40.7. The Morgan fingerprint density at radius 1 is 0.885 bits per heavy atom. The highest BCUT2D eigenvalue weighted by atomic mass is 127. The van der Waals surface area contributed by atoms with Gasteiger partial charge in [-0.3, -0.25) is 48.3 Å². The second-order valence-corrected chi connectivity index (χ2v) is 19.3. The molecule has 3 heterocycles. The summed E-state index contributed by atoms with van der Waals surface area (Å²) >= 11 is 2.26. The molecular formula is C38H59IN6O11S5. The van der Waals surface area contributed by atoms with Crippen LogP contribution in [0.4, 0.5) is 0 Å². The number of hydrogen-bond donors (Lipinski definition) is 3. The van der Waals surface area contributed by atoms with Gasteiger partial charge in [0.2, 0.25) is 11.8 Å². The molecule has 23 heteroatoms. The number of amides is 4. The number of pyridine rings is 2. The van der Waals surface area contributed by atoms with Crippen LogP contribution in [0.25, 0.3) is 0 Å². The van der Waals surface area contributed by atoms with Gasteiger partial charge in [0.05, 0.1) is 0 Å². The Kier molecular flexibility index (Phi) is 39.3. The number of alkyl halides is 1. The molecule has 0 spiro atoms. The van der Waals surface area contributed by atoms with Crippen molar-refractivity contribution in [2.45, 2.75) is 94.9 Å². The number of halogens is 1. The zero-order chi connectivity index (χ0) is 45.9. The van der Waals surface area contributed by atoms with Crippen molar-refractivity contribution in [2.24, 2.45) is 0 Å². The number of hydrogen-bond acceptors (Lipinski definition) is 16. The van der Waals surface area contributed by atoms with Crippen LogP contribution in [-0.4, -0.2) is 117 Å². The Bertz CT molecular complexity index is 1720. The van der Waals surface area contributed by atoms with Crippen LogP contribution >= 0.6 is 65.8 Å². The molecule has 4 amide bonds. The monoisotopic (exact) mass is 1060 g/mol. The third kappa shape index (κ3) is 35.1. The van der Waals surface area contributed by atoms with Crippen molar-refractivity contribution in [1.29, 1.82) is 0 Å². The van der Waals surface area contributed by atoms with Gasteiger partial charge < -0.3 is 10.6 Å². The molecule has 0 fully saturated rings. The molecule has 1 aliphatic heterocycles. The number of aromatic nitrogens is 2. The number of imide groups is 1. The van der Waals surface area contributed by atoms with Crippen molar-refractivity contribution in [3.8, 4) is 0 Å². The Morgan fingerprint density at radius 2 is 1.44 bits per heavy atom. The molecule has 1 atom stereocenters. The van der Waals surface area contributed by atoms with E-state index in [0.29, 0.717) is 30.8 Å². The third-order valence-electron chi connectivity index (χ3n) is 6.98. The number of nitro groups is 1. The van der Waals surface area contributed by atoms with Gasteiger partial charge in [-0.1, -0.05) is 77.6 Å². The van der Waals surface area contributed by atoms with Crippen molar-refractivity contribution in [3.05, 3.63) is 70.6 Å². The Hall–Kier alpha value is -3.10. The van der Waals surface area contributed by atoms with Crippen molar-refractivity contribution in [2.75, 3.05) is 43.6 Å². The number of ketones is 2. The summed E-state index contributed by atoms with van der Waals surface area (Å²) < 4.78 is 32.4. The van der Waals surface area contributed by atoms with Gasteiger partial charge in [0.1, 0.15) is 21.1 Å². The van der Waals surface area contributed by atoms with Crippen LogP contribution in [0.3, 0.4) is 0 Å². The maximum atomic E-state index is 11.5. The smallest absolute Gasteiger partial charge is 0.275 e. The molecule has 0 saturated carbocycles. The number of rotatable bonds is 21. The first kappa shape index (κ1) is 62.2. The largest absolute Gasteiger partial charge is 0.359 e. The summed E-state index contributed by atoms with van der Waals surface area (Å²) in [6.45, 7) is 5.59. The summed E-state index contributed by atoms with van der Waals surface area (Å²) in [6.07, 6.45) is 10.3. The minimum atomic E-state index is -4.31. The van der Waals surface area contributed by atoms with Gasteiger partial charge in [-0.15, -0.1) is 0 Å². The predicted octanol–water partition coefficient (Wildman–Crippen LogP) is 6.86. The van der Waals surface area contributed by atoms with E-state index in [1.165, 1.54) is 40.8 Å². The van der Waals surface area contributed by atoms with Crippen LogP contribution in [0.1, 0.15) is 78.2 Å². The summed E-state index contributed by atoms with van der Waals surface area (Å²) in [5, 5.41) is 14.3. The molecule has 0 radical (unpaired) electrons. The summed E-state index contributed by atoms with van der Waals surface area (Å²) in [6, 6.07) is 9.71. The minimum Gasteiger partial charge on any atom is -0.359 e. The van der Waals surface area contributed by atoms with Crippen molar-refractivity contribution in [3.63, 3.8) is 0 Å². The van der Waals surface area contributed by atoms with Gasteiger partial charge >= 0.3 is 0 Å². The molecule has 3 N–H and O–H groups in total. The van der Waals surface area contributed by atoms with E-state index in [0.717, 1.165) is 50.6 Å². The quantitative estimate of drug-likeness (QED) is 0.0169. The lowest BCUT2D eigenvalue weighted by molar-refractivity contribution is -0.445. The second-order valence-electron chi connectivity index (χ2n) is 11.8. The summed E-state index contributed by atoms with van der Waals surface area (Å²) in [7, 11) is 6.01. The molecule has 1 aliphatic rings. The Balaban J connectivity index is -0.000000736. The van der Waals surface area contributed by atoms with E-state index in [-0.39, 0.29) is 56.9 Å². The van der Waals surface area contributed by atoms with Crippen LogP contribution in [0.15, 0.2) is 64.9 Å². The zero-order valence-electron chi connectivity index (χ0n) is 34.5. The van der Waals surface area contributed by atoms with Crippen molar-refractivity contribution >= 4 is 111 Å². The number of Topliss-reactive ketones (excluding diaryl/α,β-unsaturated/α-hetero) is 2. The highest BCUT2D eigenvalue weighted by Gasteiger charge is 2.29. The third-order valence-corrected chi connectivity index (χ3v) is 13.6. The van der Waals surface area contributed by atoms with Gasteiger partial charge in [0.25, 0.3) is 21.9 Å². The average molecular weight is 1060 g/mol. The molecule has 0 aromatic carbocycles. The molecule has 0 saturated heterocycles. The standard InChI is InChI=1S/C12H17NO4S3.C11H15NOS2.C8H10N2O3.C5H10INO.CH3NO2.CH4/c1-3-10(14)11(20(15,16)17)6-7-18-19-12-5-4-9(2)8-13-12;1-2-10(13)6-5-9-14-15-11-7-3-4-8-12-11;1-9-6(11)4-5-10-7(12)2-3-8(10)13;1-7-5(8)3-2-4-6;1-2(3)4;/h4-5,8,11H,3,6-7H2,1-2H3,(H,15,16,17);3-4,7-8H,2,5-6,9H2,1H3;2-3H,4-5H2,1H3,(H,9,11);2-4H2,1H3,(H,7,8);1H3;1H4. The molecule has 1 unspecified atom stereocenters. The van der Waals surface area contributed by atoms with Crippen LogP contribution in [-0.2, 0) is 38.9 Å². The molecule has 2 aromatic heterocycles. The molecule has 3 rings (SSSR count). The summed E-state index contributed by atoms with van der Waals surface area (Å²) in [5.74, 6) is 0.602. The fraction of sp³-hybridized carbons (Fsp3) is 0.526. The molecule has 344 valence electrons. The van der Waals surface area contributed by atoms with Gasteiger partial charge in [0.15, 0.2) is 12.8 Å². The Labute approximate surface area is 389 Å². The minimum absolute atomic E-state index is 0. The predicted molar refractivity (Wildman–Crippen MR) is 256 cm³/mol. The van der Waals surface area contributed by atoms with E-state index in [1.54, 1.807) is 48.0 Å². The average Bonchev–Trinajstić information content (AvgIpc) is 3.54. The van der Waals surface area contributed by atoms with Crippen molar-refractivity contribution < 1.29 is 46.7 Å². The van der Waals surface area contributed by atoms with Crippen molar-refractivity contribution in [1.82, 2.24) is 25.5 Å². The summed E-state index contributed by atoms with van der Waals surface area (Å²) in [5.41, 5.74) is 1.07. The highest BCUT2D eigenvalue weighted by molar-refractivity contribution is 14.1. The maximum Gasteiger partial charge on any atom is 0.275 e. The van der Waals surface area contributed by atoms with E-state index < -0.39 is 26.1 Å². The number of nitrogens with one attached hydrogen (secondary N) is 2. The summed E-state index contributed by atoms with van der Waals surface area (Å²) in [4.78, 5) is 83.5. The molecule has 0 aliphatic carbocycles. The highest BCUT2D eigenvalue weighted by Crippen LogP contribution is 2.31. The number of aryl methyl sites for hydroxylation is 1. The molecule has 2 aromatic rings. The number of carbonyl (C=O) groups excluding carboxylic acids is 6. The number of carbonyl (C=O) groups is 6. The fourth-order valence-electron chi connectivity index (χ4n) is 3.81. The van der Waals surface area contributed by atoms with E-state index in [9.17, 15) is 37.2 Å². The van der Waals surface area contributed by atoms with E-state index >= 15 is 0 Å². The van der Waals surface area contributed by atoms with Gasteiger partial charge in [0, 0.05) is 98.1 Å². The van der Waals surface area contributed by atoms with Gasteiger partial charge in [-0.25, -0.2) is 9.97 Å². The fourth-order valence-corrected chi connectivity index (χ4v) is 9.17. The van der Waals surface area contributed by atoms with Gasteiger partial charge in [-0.05, 0) is 71.5 Å². The first-order chi connectivity index (χ1) is 28.4. The molecule has 61 heavy (non-hydrogen) atoms. The lowest BCUT2D eigenvalue weighted by atomic mass is 10.2. The van der Waals surface area contributed by atoms with Crippen LogP contribution < -0.4 is 10.6 Å². The topological polar surface area (TPSA) is 253 Å². The molecular weight excluding hydrogens is 1000 g/mol. The van der Waals surface area contributed by atoms with Crippen LogP contribution in [0.2, 0.25) is 0 Å². The van der Waals surface area contributed by atoms with E-state index in [2.05, 4.69) is 43.2 Å². The number of nitrogens with zero attached hydrogens (tertiary/aromatic N) is 4. The Morgan fingerprint density at radius 3 is 1.90 bits per heavy atom. The van der Waals surface area contributed by atoms with E-state index in [4.69, 9.17) is 14.7 Å². The second kappa shape index (κ2) is 38.6. The lowest BCUT2D eigenvalue weighted by Crippen LogP contribution is -2.33. The first-order valence-corrected chi connectivity index (χ1v) is 26.0. The normalized spacial score (nSPS) is 11.6. The van der Waals surface area contributed by atoms with Crippen LogP contribution in [0.5, 0.6) is 0 Å². The lowest BCUT2D eigenvalue weighted by Gasteiger charge is -2.12. The van der Waals surface area contributed by atoms with Crippen LogP contribution in [0, 0.1) is 17.0 Å². The molecule has 0 bridgehead atoms. The molecule has 17 nitrogen and oxygen atoms in total.